The molecule has 1 atom stereocenters. The lowest BCUT2D eigenvalue weighted by Crippen LogP contribution is -2.29. The second kappa shape index (κ2) is 13.7. The molecule has 1 aromatic carbocycles. The van der Waals surface area contributed by atoms with Gasteiger partial charge >= 0.3 is 5.97 Å². The van der Waals surface area contributed by atoms with Crippen LogP contribution in [0, 0.1) is 0 Å². The number of amides is 2. The molecule has 1 aliphatic carbocycles. The van der Waals surface area contributed by atoms with Gasteiger partial charge in [-0.05, 0) is 63.3 Å². The van der Waals surface area contributed by atoms with Crippen molar-refractivity contribution < 1.29 is 23.9 Å². The zero-order valence-electron chi connectivity index (χ0n) is 22.2. The first-order valence-corrected chi connectivity index (χ1v) is 15.1. The molecule has 214 valence electrons. The fourth-order valence-corrected chi connectivity index (χ4v) is 6.64. The number of carbonyl (C=O) groups is 3. The van der Waals surface area contributed by atoms with Crippen LogP contribution in [0.5, 0.6) is 5.75 Å². The lowest BCUT2D eigenvalue weighted by atomic mass is 9.95. The Morgan fingerprint density at radius 2 is 1.98 bits per heavy atom. The summed E-state index contributed by atoms with van der Waals surface area (Å²) < 4.78 is 12.4. The number of esters is 1. The zero-order valence-corrected chi connectivity index (χ0v) is 25.4. The minimum Gasteiger partial charge on any atom is -0.482 e. The second-order valence-corrected chi connectivity index (χ2v) is 12.2. The van der Waals surface area contributed by atoms with Gasteiger partial charge < -0.3 is 24.7 Å². The summed E-state index contributed by atoms with van der Waals surface area (Å²) in [7, 11) is 1.75. The zero-order chi connectivity index (χ0) is 28.8. The maximum absolute atomic E-state index is 13.1. The van der Waals surface area contributed by atoms with Crippen LogP contribution in [0.1, 0.15) is 53.3 Å². The number of aromatic nitrogens is 3. The van der Waals surface area contributed by atoms with Gasteiger partial charge in [-0.15, -0.1) is 21.5 Å². The first-order chi connectivity index (χ1) is 19.2. The monoisotopic (exact) mass is 625 g/mol. The first-order valence-electron chi connectivity index (χ1n) is 12.7. The Hall–Kier alpha value is -2.80. The van der Waals surface area contributed by atoms with Crippen molar-refractivity contribution >= 4 is 69.1 Å². The number of halogens is 2. The number of thiophene rings is 1. The molecule has 0 aliphatic heterocycles. The van der Waals surface area contributed by atoms with Gasteiger partial charge in [-0.1, -0.05) is 35.0 Å². The number of nitrogens with one attached hydrogen (secondary N) is 2. The first kappa shape index (κ1) is 30.2. The van der Waals surface area contributed by atoms with Gasteiger partial charge in [0.05, 0.1) is 29.0 Å². The van der Waals surface area contributed by atoms with Crippen molar-refractivity contribution in [2.75, 3.05) is 18.5 Å². The number of rotatable bonds is 11. The van der Waals surface area contributed by atoms with Crippen molar-refractivity contribution in [3.63, 3.8) is 0 Å². The molecular formula is C26H29Cl2N5O5S2. The molecule has 3 aromatic rings. The predicted octanol–water partition coefficient (Wildman–Crippen LogP) is 5.05. The molecule has 0 saturated carbocycles. The molecule has 2 heterocycles. The standard InChI is InChI=1S/C26H29Cl2N5O5S2/c1-4-37-25(36)22-16-7-5-6-8-19(16)40-24(22)30-23(35)14(2)39-26-32-31-20(33(26)3)12-29-21(34)13-38-18-10-9-15(27)11-17(18)28/h9-11,14H,4-8,12-13H2,1-3H3,(H,29,34)(H,30,35)/t14-/m0/s1. The average Bonchev–Trinajstić information content (AvgIpc) is 3.46. The fourth-order valence-electron chi connectivity index (χ4n) is 4.06. The number of hydrogen-bond acceptors (Lipinski definition) is 9. The molecule has 0 spiro atoms. The van der Waals surface area contributed by atoms with E-state index >= 15 is 0 Å². The normalized spacial score (nSPS) is 13.3. The molecule has 0 unspecified atom stereocenters. The summed E-state index contributed by atoms with van der Waals surface area (Å²) in [6, 6.07) is 4.74. The predicted molar refractivity (Wildman–Crippen MR) is 156 cm³/mol. The van der Waals surface area contributed by atoms with Crippen LogP contribution in [-0.4, -0.2) is 51.0 Å². The van der Waals surface area contributed by atoms with Crippen LogP contribution in [0.3, 0.4) is 0 Å². The second-order valence-electron chi connectivity index (χ2n) is 8.98. The summed E-state index contributed by atoms with van der Waals surface area (Å²) in [4.78, 5) is 39.2. The van der Waals surface area contributed by atoms with Crippen LogP contribution in [0.2, 0.25) is 10.0 Å². The van der Waals surface area contributed by atoms with Crippen molar-refractivity contribution in [3.05, 3.63) is 50.1 Å². The van der Waals surface area contributed by atoms with Crippen molar-refractivity contribution in [1.82, 2.24) is 20.1 Å². The van der Waals surface area contributed by atoms with Gasteiger partial charge in [0, 0.05) is 16.9 Å². The minimum atomic E-state index is -0.531. The Morgan fingerprint density at radius 1 is 1.20 bits per heavy atom. The minimum absolute atomic E-state index is 0.116. The third kappa shape index (κ3) is 7.28. The molecule has 0 saturated heterocycles. The molecule has 1 aliphatic rings. The van der Waals surface area contributed by atoms with E-state index in [9.17, 15) is 14.4 Å². The van der Waals surface area contributed by atoms with Crippen LogP contribution >= 0.6 is 46.3 Å². The van der Waals surface area contributed by atoms with Crippen molar-refractivity contribution in [2.45, 2.75) is 56.5 Å². The highest BCUT2D eigenvalue weighted by molar-refractivity contribution is 8.00. The van der Waals surface area contributed by atoms with E-state index in [4.69, 9.17) is 32.7 Å². The van der Waals surface area contributed by atoms with Gasteiger partial charge in [0.2, 0.25) is 5.91 Å². The molecule has 40 heavy (non-hydrogen) atoms. The largest absolute Gasteiger partial charge is 0.482 e. The number of anilines is 1. The maximum Gasteiger partial charge on any atom is 0.341 e. The highest BCUT2D eigenvalue weighted by atomic mass is 35.5. The van der Waals surface area contributed by atoms with Gasteiger partial charge in [-0.3, -0.25) is 9.59 Å². The molecule has 0 fully saturated rings. The molecule has 10 nitrogen and oxygen atoms in total. The van der Waals surface area contributed by atoms with E-state index in [1.165, 1.54) is 29.2 Å². The summed E-state index contributed by atoms with van der Waals surface area (Å²) in [5, 5.41) is 15.3. The molecule has 0 bridgehead atoms. The summed E-state index contributed by atoms with van der Waals surface area (Å²) in [6.45, 7) is 3.66. The SMILES string of the molecule is CCOC(=O)c1c(NC(=O)[C@H](C)Sc2nnc(CNC(=O)COc3ccc(Cl)cc3Cl)n2C)sc2c1CCCC2. The smallest absolute Gasteiger partial charge is 0.341 e. The molecule has 2 N–H and O–H groups in total. The summed E-state index contributed by atoms with van der Waals surface area (Å²) in [5.41, 5.74) is 1.47. The Kier molecular flexibility index (Phi) is 10.3. The number of thioether (sulfide) groups is 1. The van der Waals surface area contributed by atoms with Crippen molar-refractivity contribution in [2.24, 2.45) is 7.05 Å². The van der Waals surface area contributed by atoms with E-state index in [0.29, 0.717) is 37.3 Å². The van der Waals surface area contributed by atoms with Crippen LogP contribution in [0.15, 0.2) is 23.4 Å². The van der Waals surface area contributed by atoms with E-state index < -0.39 is 11.2 Å². The molecule has 4 rings (SSSR count). The Morgan fingerprint density at radius 3 is 2.73 bits per heavy atom. The number of carbonyl (C=O) groups excluding carboxylic acids is 3. The van der Waals surface area contributed by atoms with E-state index in [2.05, 4.69) is 20.8 Å². The Bertz CT molecular complexity index is 1410. The lowest BCUT2D eigenvalue weighted by Gasteiger charge is -2.13. The summed E-state index contributed by atoms with van der Waals surface area (Å²) in [6.07, 6.45) is 3.77. The number of benzene rings is 1. The van der Waals surface area contributed by atoms with Crippen LogP contribution in [-0.2, 0) is 40.8 Å². The number of hydrogen-bond donors (Lipinski definition) is 2. The quantitative estimate of drug-likeness (QED) is 0.224. The molecule has 2 aromatic heterocycles. The average molecular weight is 627 g/mol. The van der Waals surface area contributed by atoms with Crippen LogP contribution in [0.4, 0.5) is 5.00 Å². The Balaban J connectivity index is 1.33. The van der Waals surface area contributed by atoms with Crippen molar-refractivity contribution in [3.8, 4) is 5.75 Å². The van der Waals surface area contributed by atoms with Gasteiger partial charge in [0.1, 0.15) is 10.8 Å². The van der Waals surface area contributed by atoms with Crippen LogP contribution < -0.4 is 15.4 Å². The topological polar surface area (TPSA) is 124 Å². The molecule has 0 radical (unpaired) electrons. The van der Waals surface area contributed by atoms with E-state index in [1.54, 1.807) is 37.6 Å². The van der Waals surface area contributed by atoms with Gasteiger partial charge in [-0.25, -0.2) is 4.79 Å². The summed E-state index contributed by atoms with van der Waals surface area (Å²) in [5.74, 6) is -0.178. The van der Waals surface area contributed by atoms with E-state index in [1.807, 2.05) is 0 Å². The maximum atomic E-state index is 13.1. The molecule has 14 heteroatoms. The third-order valence-corrected chi connectivity index (χ3v) is 9.03. The lowest BCUT2D eigenvalue weighted by molar-refractivity contribution is -0.123. The van der Waals surface area contributed by atoms with E-state index in [-0.39, 0.29) is 31.6 Å². The van der Waals surface area contributed by atoms with E-state index in [0.717, 1.165) is 36.1 Å². The highest BCUT2D eigenvalue weighted by Gasteiger charge is 2.28. The number of aryl methyl sites for hydroxylation is 1. The number of ether oxygens (including phenoxy) is 2. The summed E-state index contributed by atoms with van der Waals surface area (Å²) >= 11 is 14.6. The van der Waals surface area contributed by atoms with Crippen LogP contribution in [0.25, 0.3) is 0 Å². The number of nitrogens with zero attached hydrogens (tertiary/aromatic N) is 3. The van der Waals surface area contributed by atoms with Gasteiger partial charge in [0.25, 0.3) is 5.91 Å². The highest BCUT2D eigenvalue weighted by Crippen LogP contribution is 2.39. The van der Waals surface area contributed by atoms with Crippen molar-refractivity contribution in [1.29, 1.82) is 0 Å². The third-order valence-electron chi connectivity index (χ3n) is 6.16. The van der Waals surface area contributed by atoms with Gasteiger partial charge in [0.15, 0.2) is 17.6 Å². The number of fused-ring (bicyclic) bond motifs is 1. The Labute approximate surface area is 250 Å². The van der Waals surface area contributed by atoms with Gasteiger partial charge in [-0.2, -0.15) is 0 Å². The molecule has 2 amide bonds. The fraction of sp³-hybridized carbons (Fsp3) is 0.423. The molecular weight excluding hydrogens is 597 g/mol.